The van der Waals surface area contributed by atoms with E-state index in [1.165, 1.54) is 18.4 Å². The first-order valence-corrected chi connectivity index (χ1v) is 9.69. The number of hydrogen-bond donors (Lipinski definition) is 2. The molecule has 1 aromatic heterocycles. The van der Waals surface area contributed by atoms with Crippen molar-refractivity contribution in [2.75, 3.05) is 13.1 Å². The van der Waals surface area contributed by atoms with Crippen LogP contribution in [0.15, 0.2) is 30.3 Å². The number of nitrogens with one attached hydrogen (secondary N) is 2. The summed E-state index contributed by atoms with van der Waals surface area (Å²) < 4.78 is 1.94. The third kappa shape index (κ3) is 3.80. The van der Waals surface area contributed by atoms with Crippen LogP contribution in [-0.2, 0) is 6.42 Å². The van der Waals surface area contributed by atoms with Gasteiger partial charge in [0.15, 0.2) is 5.69 Å². The number of nitrogens with zero attached hydrogens (tertiary/aromatic N) is 3. The molecule has 0 radical (unpaired) electrons. The van der Waals surface area contributed by atoms with Crippen molar-refractivity contribution in [1.82, 2.24) is 25.6 Å². The van der Waals surface area contributed by atoms with Crippen molar-refractivity contribution in [3.05, 3.63) is 47.3 Å². The molecule has 26 heavy (non-hydrogen) atoms. The second-order valence-corrected chi connectivity index (χ2v) is 7.56. The van der Waals surface area contributed by atoms with Crippen molar-refractivity contribution in [3.63, 3.8) is 0 Å². The molecule has 4 rings (SSSR count). The van der Waals surface area contributed by atoms with Gasteiger partial charge in [-0.25, -0.2) is 4.68 Å². The third-order valence-electron chi connectivity index (χ3n) is 5.60. The minimum atomic E-state index is -0.0875. The van der Waals surface area contributed by atoms with E-state index in [4.69, 9.17) is 0 Å². The number of carbonyl (C=O) groups is 1. The molecule has 6 heteroatoms. The quantitative estimate of drug-likeness (QED) is 0.836. The highest BCUT2D eigenvalue weighted by Gasteiger charge is 2.33. The Morgan fingerprint density at radius 3 is 2.65 bits per heavy atom. The van der Waals surface area contributed by atoms with Crippen LogP contribution in [0.3, 0.4) is 0 Å². The lowest BCUT2D eigenvalue weighted by molar-refractivity contribution is 0.0926. The summed E-state index contributed by atoms with van der Waals surface area (Å²) in [6.45, 7) is 3.94. The molecule has 2 aliphatic rings. The molecule has 1 aliphatic carbocycles. The van der Waals surface area contributed by atoms with Gasteiger partial charge in [0, 0.05) is 6.04 Å². The van der Waals surface area contributed by atoms with Crippen molar-refractivity contribution < 1.29 is 4.79 Å². The summed E-state index contributed by atoms with van der Waals surface area (Å²) in [6, 6.07) is 10.9. The molecule has 1 atom stereocenters. The van der Waals surface area contributed by atoms with Crippen LogP contribution in [-0.4, -0.2) is 40.0 Å². The lowest BCUT2D eigenvalue weighted by atomic mass is 10.0. The van der Waals surface area contributed by atoms with E-state index in [9.17, 15) is 4.79 Å². The van der Waals surface area contributed by atoms with E-state index in [0.717, 1.165) is 38.0 Å². The van der Waals surface area contributed by atoms with E-state index in [-0.39, 0.29) is 11.9 Å². The lowest BCUT2D eigenvalue weighted by Gasteiger charge is -2.23. The molecule has 1 saturated carbocycles. The van der Waals surface area contributed by atoms with E-state index < -0.39 is 0 Å². The van der Waals surface area contributed by atoms with Gasteiger partial charge in [0.25, 0.3) is 5.91 Å². The Kier molecular flexibility index (Phi) is 5.02. The van der Waals surface area contributed by atoms with E-state index >= 15 is 0 Å². The zero-order valence-corrected chi connectivity index (χ0v) is 15.3. The Morgan fingerprint density at radius 1 is 1.23 bits per heavy atom. The molecule has 2 aromatic rings. The van der Waals surface area contributed by atoms with Gasteiger partial charge in [0.1, 0.15) is 0 Å². The van der Waals surface area contributed by atoms with Crippen molar-refractivity contribution in [3.8, 4) is 0 Å². The third-order valence-corrected chi connectivity index (χ3v) is 5.60. The fraction of sp³-hybridized carbons (Fsp3) is 0.550. The van der Waals surface area contributed by atoms with Crippen molar-refractivity contribution in [2.24, 2.45) is 5.92 Å². The van der Waals surface area contributed by atoms with E-state index in [1.54, 1.807) is 0 Å². The highest BCUT2D eigenvalue weighted by atomic mass is 16.2. The molecule has 1 amide bonds. The standard InChI is InChI=1S/C20H27N5O/c1-14-19(23-24-25(14)17-9-11-21-12-10-17)20(26)22-18(16-7-8-16)13-15-5-3-2-4-6-15/h2-6,16-18,21H,7-13H2,1H3,(H,22,26). The van der Waals surface area contributed by atoms with Gasteiger partial charge in [-0.15, -0.1) is 5.10 Å². The van der Waals surface area contributed by atoms with Crippen LogP contribution in [0.4, 0.5) is 0 Å². The molecule has 0 spiro atoms. The first-order chi connectivity index (χ1) is 12.7. The predicted octanol–water partition coefficient (Wildman–Crippen LogP) is 2.26. The van der Waals surface area contributed by atoms with Crippen LogP contribution in [0.1, 0.15) is 53.5 Å². The van der Waals surface area contributed by atoms with E-state index in [2.05, 4.69) is 45.2 Å². The Hall–Kier alpha value is -2.21. The fourth-order valence-electron chi connectivity index (χ4n) is 3.89. The van der Waals surface area contributed by atoms with Gasteiger partial charge in [0.05, 0.1) is 11.7 Å². The molecular weight excluding hydrogens is 326 g/mol. The molecule has 1 aromatic carbocycles. The molecule has 2 heterocycles. The van der Waals surface area contributed by atoms with Crippen molar-refractivity contribution in [1.29, 1.82) is 0 Å². The van der Waals surface area contributed by atoms with Crippen LogP contribution in [0.25, 0.3) is 0 Å². The number of carbonyl (C=O) groups excluding carboxylic acids is 1. The van der Waals surface area contributed by atoms with Gasteiger partial charge in [-0.3, -0.25) is 4.79 Å². The minimum Gasteiger partial charge on any atom is -0.347 e. The Balaban J connectivity index is 1.45. The molecule has 6 nitrogen and oxygen atoms in total. The highest BCUT2D eigenvalue weighted by Crippen LogP contribution is 2.34. The average molecular weight is 353 g/mol. The minimum absolute atomic E-state index is 0.0875. The molecule has 1 unspecified atom stereocenters. The largest absolute Gasteiger partial charge is 0.347 e. The Labute approximate surface area is 154 Å². The summed E-state index contributed by atoms with van der Waals surface area (Å²) in [5, 5.41) is 15.1. The number of piperidine rings is 1. The SMILES string of the molecule is Cc1c(C(=O)NC(Cc2ccccc2)C2CC2)nnn1C1CCNCC1. The van der Waals surface area contributed by atoms with Gasteiger partial charge in [-0.05, 0) is 63.6 Å². The Morgan fingerprint density at radius 2 is 1.96 bits per heavy atom. The van der Waals surface area contributed by atoms with Crippen LogP contribution in [0.5, 0.6) is 0 Å². The second-order valence-electron chi connectivity index (χ2n) is 7.56. The molecule has 0 bridgehead atoms. The molecule has 2 N–H and O–H groups in total. The summed E-state index contributed by atoms with van der Waals surface area (Å²) in [5.41, 5.74) is 2.62. The van der Waals surface area contributed by atoms with E-state index in [0.29, 0.717) is 17.7 Å². The van der Waals surface area contributed by atoms with Gasteiger partial charge in [-0.1, -0.05) is 35.5 Å². The summed E-state index contributed by atoms with van der Waals surface area (Å²) in [4.78, 5) is 12.9. The summed E-state index contributed by atoms with van der Waals surface area (Å²) in [5.74, 6) is 0.495. The van der Waals surface area contributed by atoms with Gasteiger partial charge < -0.3 is 10.6 Å². The maximum Gasteiger partial charge on any atom is 0.273 e. The number of benzene rings is 1. The summed E-state index contributed by atoms with van der Waals surface area (Å²) >= 11 is 0. The zero-order valence-electron chi connectivity index (χ0n) is 15.3. The zero-order chi connectivity index (χ0) is 17.9. The normalized spacial score (nSPS) is 19.3. The maximum atomic E-state index is 12.9. The van der Waals surface area contributed by atoms with Gasteiger partial charge in [0.2, 0.25) is 0 Å². The van der Waals surface area contributed by atoms with Crippen LogP contribution in [0.2, 0.25) is 0 Å². The van der Waals surface area contributed by atoms with Gasteiger partial charge in [-0.2, -0.15) is 0 Å². The molecule has 1 aliphatic heterocycles. The van der Waals surface area contributed by atoms with Crippen molar-refractivity contribution in [2.45, 2.75) is 51.1 Å². The molecular formula is C20H27N5O. The van der Waals surface area contributed by atoms with Crippen molar-refractivity contribution >= 4 is 5.91 Å². The second kappa shape index (κ2) is 7.58. The van der Waals surface area contributed by atoms with Gasteiger partial charge >= 0.3 is 0 Å². The molecule has 138 valence electrons. The predicted molar refractivity (Wildman–Crippen MR) is 100 cm³/mol. The number of amides is 1. The average Bonchev–Trinajstić information content (AvgIpc) is 3.45. The topological polar surface area (TPSA) is 71.8 Å². The lowest BCUT2D eigenvalue weighted by Crippen LogP contribution is -2.38. The smallest absolute Gasteiger partial charge is 0.273 e. The molecule has 1 saturated heterocycles. The maximum absolute atomic E-state index is 12.9. The van der Waals surface area contributed by atoms with E-state index in [1.807, 2.05) is 17.7 Å². The first-order valence-electron chi connectivity index (χ1n) is 9.69. The van der Waals surface area contributed by atoms with Crippen LogP contribution >= 0.6 is 0 Å². The van der Waals surface area contributed by atoms with Crippen LogP contribution in [0, 0.1) is 12.8 Å². The summed E-state index contributed by atoms with van der Waals surface area (Å²) in [6.07, 6.45) is 5.32. The first kappa shape index (κ1) is 17.2. The van der Waals surface area contributed by atoms with Crippen LogP contribution < -0.4 is 10.6 Å². The fourth-order valence-corrected chi connectivity index (χ4v) is 3.89. The number of rotatable bonds is 6. The number of aromatic nitrogens is 3. The number of hydrogen-bond acceptors (Lipinski definition) is 4. The summed E-state index contributed by atoms with van der Waals surface area (Å²) in [7, 11) is 0. The molecule has 2 fully saturated rings. The monoisotopic (exact) mass is 353 g/mol. The Bertz CT molecular complexity index is 747. The highest BCUT2D eigenvalue weighted by molar-refractivity contribution is 5.93.